The van der Waals surface area contributed by atoms with Crippen molar-refractivity contribution in [1.82, 2.24) is 10.0 Å². The topological polar surface area (TPSA) is 75.3 Å². The average molecular weight is 364 g/mol. The summed E-state index contributed by atoms with van der Waals surface area (Å²) in [6.45, 7) is 4.02. The zero-order valence-electron chi connectivity index (χ0n) is 14.2. The quantitative estimate of drug-likeness (QED) is 0.739. The Morgan fingerprint density at radius 3 is 2.32 bits per heavy atom. The van der Waals surface area contributed by atoms with Crippen LogP contribution in [0.25, 0.3) is 0 Å². The van der Waals surface area contributed by atoms with E-state index >= 15 is 0 Å². The second kappa shape index (κ2) is 8.22. The molecule has 0 atom stereocenters. The molecule has 0 aliphatic rings. The summed E-state index contributed by atoms with van der Waals surface area (Å²) in [6, 6.07) is 10.6. The summed E-state index contributed by atoms with van der Waals surface area (Å²) in [4.78, 5) is 12.0. The first-order chi connectivity index (χ1) is 11.8. The third-order valence-electron chi connectivity index (χ3n) is 3.81. The standard InChI is InChI=1S/C18H21FN2O3S/c1-13-3-8-17(11-14(13)2)25(23,24)21-10-9-20-18(22)12-15-4-6-16(19)7-5-15/h3-8,11,21H,9-10,12H2,1-2H3,(H,20,22). The van der Waals surface area contributed by atoms with Crippen LogP contribution in [0.15, 0.2) is 47.4 Å². The minimum Gasteiger partial charge on any atom is -0.355 e. The summed E-state index contributed by atoms with van der Waals surface area (Å²) in [6.07, 6.45) is 0.115. The van der Waals surface area contributed by atoms with Gasteiger partial charge in [0.25, 0.3) is 0 Å². The number of benzene rings is 2. The number of amides is 1. The van der Waals surface area contributed by atoms with Crippen molar-refractivity contribution < 1.29 is 17.6 Å². The summed E-state index contributed by atoms with van der Waals surface area (Å²) in [7, 11) is -3.60. The van der Waals surface area contributed by atoms with E-state index in [4.69, 9.17) is 0 Å². The molecule has 0 saturated carbocycles. The van der Waals surface area contributed by atoms with E-state index < -0.39 is 10.0 Å². The fourth-order valence-electron chi connectivity index (χ4n) is 2.20. The van der Waals surface area contributed by atoms with E-state index in [0.717, 1.165) is 11.1 Å². The normalized spacial score (nSPS) is 11.3. The van der Waals surface area contributed by atoms with Gasteiger partial charge in [0.15, 0.2) is 0 Å². The van der Waals surface area contributed by atoms with Gasteiger partial charge in [0.05, 0.1) is 11.3 Å². The van der Waals surface area contributed by atoms with E-state index in [0.29, 0.717) is 5.56 Å². The van der Waals surface area contributed by atoms with Crippen LogP contribution < -0.4 is 10.0 Å². The Hall–Kier alpha value is -2.25. The molecule has 25 heavy (non-hydrogen) atoms. The first-order valence-electron chi connectivity index (χ1n) is 7.86. The maximum Gasteiger partial charge on any atom is 0.240 e. The van der Waals surface area contributed by atoms with Crippen LogP contribution in [0.4, 0.5) is 4.39 Å². The third kappa shape index (κ3) is 5.65. The smallest absolute Gasteiger partial charge is 0.240 e. The number of nitrogens with one attached hydrogen (secondary N) is 2. The highest BCUT2D eigenvalue weighted by Crippen LogP contribution is 2.14. The highest BCUT2D eigenvalue weighted by atomic mass is 32.2. The fraction of sp³-hybridized carbons (Fsp3) is 0.278. The number of halogens is 1. The zero-order chi connectivity index (χ0) is 18.4. The van der Waals surface area contributed by atoms with Crippen molar-refractivity contribution in [3.63, 3.8) is 0 Å². The molecule has 0 radical (unpaired) electrons. The van der Waals surface area contributed by atoms with Crippen LogP contribution in [-0.4, -0.2) is 27.4 Å². The number of hydrogen-bond donors (Lipinski definition) is 2. The van der Waals surface area contributed by atoms with Crippen LogP contribution in [0.1, 0.15) is 16.7 Å². The molecule has 5 nitrogen and oxygen atoms in total. The molecule has 0 unspecified atom stereocenters. The molecule has 0 heterocycles. The lowest BCUT2D eigenvalue weighted by molar-refractivity contribution is -0.120. The lowest BCUT2D eigenvalue weighted by atomic mass is 10.1. The van der Waals surface area contributed by atoms with Gasteiger partial charge in [-0.3, -0.25) is 4.79 Å². The van der Waals surface area contributed by atoms with Gasteiger partial charge in [-0.05, 0) is 54.8 Å². The van der Waals surface area contributed by atoms with E-state index in [2.05, 4.69) is 10.0 Å². The van der Waals surface area contributed by atoms with Gasteiger partial charge in [0, 0.05) is 13.1 Å². The summed E-state index contributed by atoms with van der Waals surface area (Å²) in [5, 5.41) is 2.63. The summed E-state index contributed by atoms with van der Waals surface area (Å²) >= 11 is 0. The van der Waals surface area contributed by atoms with E-state index in [1.807, 2.05) is 13.8 Å². The van der Waals surface area contributed by atoms with Crippen LogP contribution in [0.3, 0.4) is 0 Å². The SMILES string of the molecule is Cc1ccc(S(=O)(=O)NCCNC(=O)Cc2ccc(F)cc2)cc1C. The van der Waals surface area contributed by atoms with Gasteiger partial charge in [-0.2, -0.15) is 0 Å². The maximum absolute atomic E-state index is 12.8. The van der Waals surface area contributed by atoms with E-state index in [1.165, 1.54) is 24.3 Å². The lowest BCUT2D eigenvalue weighted by Gasteiger charge is -2.09. The Bertz CT molecular complexity index is 849. The lowest BCUT2D eigenvalue weighted by Crippen LogP contribution is -2.35. The van der Waals surface area contributed by atoms with Crippen molar-refractivity contribution in [3.8, 4) is 0 Å². The van der Waals surface area contributed by atoms with Crippen molar-refractivity contribution in [2.75, 3.05) is 13.1 Å². The van der Waals surface area contributed by atoms with Crippen LogP contribution in [0.2, 0.25) is 0 Å². The number of carbonyl (C=O) groups is 1. The van der Waals surface area contributed by atoms with E-state index in [1.54, 1.807) is 18.2 Å². The second-order valence-electron chi connectivity index (χ2n) is 5.80. The predicted molar refractivity (Wildman–Crippen MR) is 94.2 cm³/mol. The first kappa shape index (κ1) is 19.1. The van der Waals surface area contributed by atoms with Gasteiger partial charge >= 0.3 is 0 Å². The van der Waals surface area contributed by atoms with Gasteiger partial charge in [0.1, 0.15) is 5.82 Å². The first-order valence-corrected chi connectivity index (χ1v) is 9.34. The maximum atomic E-state index is 12.8. The van der Waals surface area contributed by atoms with Crippen molar-refractivity contribution in [2.45, 2.75) is 25.2 Å². The van der Waals surface area contributed by atoms with Gasteiger partial charge in [-0.1, -0.05) is 18.2 Å². The third-order valence-corrected chi connectivity index (χ3v) is 5.26. The average Bonchev–Trinajstić information content (AvgIpc) is 2.56. The van der Waals surface area contributed by atoms with Gasteiger partial charge in [0.2, 0.25) is 15.9 Å². The van der Waals surface area contributed by atoms with Crippen molar-refractivity contribution in [2.24, 2.45) is 0 Å². The van der Waals surface area contributed by atoms with E-state index in [-0.39, 0.29) is 36.1 Å². The number of sulfonamides is 1. The molecular weight excluding hydrogens is 343 g/mol. The van der Waals surface area contributed by atoms with E-state index in [9.17, 15) is 17.6 Å². The molecule has 2 rings (SSSR count). The zero-order valence-corrected chi connectivity index (χ0v) is 15.0. The molecule has 2 aromatic rings. The second-order valence-corrected chi connectivity index (χ2v) is 7.56. The highest BCUT2D eigenvalue weighted by molar-refractivity contribution is 7.89. The molecule has 2 N–H and O–H groups in total. The van der Waals surface area contributed by atoms with Gasteiger partial charge in [-0.15, -0.1) is 0 Å². The molecule has 1 amide bonds. The Balaban J connectivity index is 1.80. The molecule has 7 heteroatoms. The van der Waals surface area contributed by atoms with Gasteiger partial charge in [-0.25, -0.2) is 17.5 Å². The molecule has 0 aliphatic heterocycles. The largest absolute Gasteiger partial charge is 0.355 e. The number of carbonyl (C=O) groups excluding carboxylic acids is 1. The van der Waals surface area contributed by atoms with Crippen LogP contribution in [0.5, 0.6) is 0 Å². The molecule has 0 spiro atoms. The van der Waals surface area contributed by atoms with Gasteiger partial charge < -0.3 is 5.32 Å². The van der Waals surface area contributed by atoms with Crippen molar-refractivity contribution in [3.05, 3.63) is 65.0 Å². The van der Waals surface area contributed by atoms with Crippen molar-refractivity contribution in [1.29, 1.82) is 0 Å². The number of rotatable bonds is 7. The molecule has 0 saturated heterocycles. The Kier molecular flexibility index (Phi) is 6.27. The summed E-state index contributed by atoms with van der Waals surface area (Å²) in [5.74, 6) is -0.609. The fourth-order valence-corrected chi connectivity index (χ4v) is 3.32. The number of aryl methyl sites for hydroxylation is 2. The highest BCUT2D eigenvalue weighted by Gasteiger charge is 2.14. The monoisotopic (exact) mass is 364 g/mol. The predicted octanol–water partition coefficient (Wildman–Crippen LogP) is 2.08. The minimum absolute atomic E-state index is 0.0877. The Labute approximate surface area is 147 Å². The molecule has 0 bridgehead atoms. The van der Waals surface area contributed by atoms with Crippen LogP contribution >= 0.6 is 0 Å². The molecular formula is C18H21FN2O3S. The molecule has 0 aliphatic carbocycles. The Morgan fingerprint density at radius 1 is 1.00 bits per heavy atom. The number of hydrogen-bond acceptors (Lipinski definition) is 3. The molecule has 0 aromatic heterocycles. The molecule has 134 valence electrons. The summed E-state index contributed by atoms with van der Waals surface area (Å²) < 4.78 is 39.7. The van der Waals surface area contributed by atoms with Crippen molar-refractivity contribution >= 4 is 15.9 Å². The molecule has 0 fully saturated rings. The minimum atomic E-state index is -3.60. The van der Waals surface area contributed by atoms with Crippen LogP contribution in [0, 0.1) is 19.7 Å². The molecule has 2 aromatic carbocycles. The van der Waals surface area contributed by atoms with Crippen LogP contribution in [-0.2, 0) is 21.2 Å². The Morgan fingerprint density at radius 2 is 1.68 bits per heavy atom. The summed E-state index contributed by atoms with van der Waals surface area (Å²) in [5.41, 5.74) is 2.61.